The topological polar surface area (TPSA) is 17.1 Å². The van der Waals surface area contributed by atoms with E-state index in [9.17, 15) is 4.79 Å². The number of carbonyl (C=O) groups is 1. The molecular formula is C20H28O. The lowest BCUT2D eigenvalue weighted by Gasteiger charge is -2.55. The van der Waals surface area contributed by atoms with Gasteiger partial charge >= 0.3 is 0 Å². The molecule has 0 spiro atoms. The highest BCUT2D eigenvalue weighted by molar-refractivity contribution is 5.81. The smallest absolute Gasteiger partial charge is 0.136 e. The van der Waals surface area contributed by atoms with Gasteiger partial charge in [-0.05, 0) is 67.1 Å². The molecule has 4 aliphatic rings. The van der Waals surface area contributed by atoms with E-state index in [0.717, 1.165) is 37.0 Å². The van der Waals surface area contributed by atoms with Crippen molar-refractivity contribution in [3.05, 3.63) is 23.8 Å². The molecule has 0 aliphatic heterocycles. The SMILES string of the molecule is CC12C=CCC1C1CC=C3CC(=O)CCCC3(C)[C@H]1CC2. The van der Waals surface area contributed by atoms with E-state index >= 15 is 0 Å². The van der Waals surface area contributed by atoms with E-state index in [1.807, 2.05) is 0 Å². The molecule has 0 aromatic carbocycles. The van der Waals surface area contributed by atoms with Crippen LogP contribution < -0.4 is 0 Å². The van der Waals surface area contributed by atoms with Crippen LogP contribution in [0.25, 0.3) is 0 Å². The van der Waals surface area contributed by atoms with Crippen molar-refractivity contribution in [3.8, 4) is 0 Å². The number of carbonyl (C=O) groups excluding carboxylic acids is 1. The predicted octanol–water partition coefficient (Wildman–Crippen LogP) is 5.07. The lowest BCUT2D eigenvalue weighted by molar-refractivity contribution is -0.118. The maximum absolute atomic E-state index is 12.0. The van der Waals surface area contributed by atoms with Crippen molar-refractivity contribution < 1.29 is 4.79 Å². The highest BCUT2D eigenvalue weighted by Crippen LogP contribution is 2.62. The second-order valence-corrected chi connectivity index (χ2v) is 8.51. The minimum absolute atomic E-state index is 0.318. The zero-order valence-corrected chi connectivity index (χ0v) is 13.5. The van der Waals surface area contributed by atoms with E-state index in [2.05, 4.69) is 32.1 Å². The first-order valence-electron chi connectivity index (χ1n) is 8.92. The van der Waals surface area contributed by atoms with E-state index in [0.29, 0.717) is 16.6 Å². The number of ketones is 1. The van der Waals surface area contributed by atoms with Gasteiger partial charge in [0.2, 0.25) is 0 Å². The lowest BCUT2D eigenvalue weighted by atomic mass is 9.49. The van der Waals surface area contributed by atoms with Gasteiger partial charge in [-0.2, -0.15) is 0 Å². The van der Waals surface area contributed by atoms with E-state index < -0.39 is 0 Å². The van der Waals surface area contributed by atoms with Crippen molar-refractivity contribution in [2.45, 2.75) is 65.2 Å². The summed E-state index contributed by atoms with van der Waals surface area (Å²) in [6, 6.07) is 0. The summed E-state index contributed by atoms with van der Waals surface area (Å²) in [6.45, 7) is 4.97. The van der Waals surface area contributed by atoms with Crippen molar-refractivity contribution in [2.24, 2.45) is 28.6 Å². The zero-order valence-electron chi connectivity index (χ0n) is 13.5. The molecule has 2 fully saturated rings. The molecule has 0 saturated heterocycles. The Morgan fingerprint density at radius 1 is 1.14 bits per heavy atom. The zero-order chi connectivity index (χ0) is 14.7. The summed E-state index contributed by atoms with van der Waals surface area (Å²) in [5, 5.41) is 0. The third-order valence-corrected chi connectivity index (χ3v) is 7.49. The van der Waals surface area contributed by atoms with E-state index in [-0.39, 0.29) is 0 Å². The number of fused-ring (bicyclic) bond motifs is 5. The summed E-state index contributed by atoms with van der Waals surface area (Å²) < 4.78 is 0. The van der Waals surface area contributed by atoms with Crippen LogP contribution in [-0.4, -0.2) is 5.78 Å². The molecule has 0 aromatic rings. The number of rotatable bonds is 0. The van der Waals surface area contributed by atoms with Crippen molar-refractivity contribution in [3.63, 3.8) is 0 Å². The van der Waals surface area contributed by atoms with Crippen LogP contribution in [0.3, 0.4) is 0 Å². The molecule has 5 atom stereocenters. The van der Waals surface area contributed by atoms with Crippen LogP contribution in [0.5, 0.6) is 0 Å². The molecule has 0 N–H and O–H groups in total. The Kier molecular flexibility index (Phi) is 3.00. The lowest BCUT2D eigenvalue weighted by Crippen LogP contribution is -2.47. The number of Topliss-reactive ketones (excluding diaryl/α,β-unsaturated/α-hetero) is 1. The molecule has 0 radical (unpaired) electrons. The quantitative estimate of drug-likeness (QED) is 0.567. The average molecular weight is 284 g/mol. The van der Waals surface area contributed by atoms with Crippen LogP contribution in [0.2, 0.25) is 0 Å². The second-order valence-electron chi connectivity index (χ2n) is 8.51. The Balaban J connectivity index is 1.70. The number of hydrogen-bond acceptors (Lipinski definition) is 1. The molecule has 0 amide bonds. The first-order valence-corrected chi connectivity index (χ1v) is 8.92. The highest BCUT2D eigenvalue weighted by atomic mass is 16.1. The largest absolute Gasteiger partial charge is 0.299 e. The Labute approximate surface area is 128 Å². The van der Waals surface area contributed by atoms with Crippen molar-refractivity contribution in [1.29, 1.82) is 0 Å². The third kappa shape index (κ3) is 1.92. The molecular weight excluding hydrogens is 256 g/mol. The Bertz CT molecular complexity index is 528. The van der Waals surface area contributed by atoms with Crippen LogP contribution in [0.1, 0.15) is 65.2 Å². The molecule has 114 valence electrons. The van der Waals surface area contributed by atoms with Gasteiger partial charge in [-0.3, -0.25) is 4.79 Å². The standard InChI is InChI=1S/C20H28O/c1-19-10-4-6-17(19)16-8-7-14-13-15(21)5-3-11-20(14,2)18(16)9-12-19/h4,7,10,16-18H,3,5-6,8-9,11-13H2,1-2H3/t16?,17?,18-,19?,20?/m0/s1. The molecule has 2 saturated carbocycles. The third-order valence-electron chi connectivity index (χ3n) is 7.49. The molecule has 4 unspecified atom stereocenters. The first kappa shape index (κ1) is 13.8. The van der Waals surface area contributed by atoms with Gasteiger partial charge in [-0.25, -0.2) is 0 Å². The molecule has 4 aliphatic carbocycles. The summed E-state index contributed by atoms with van der Waals surface area (Å²) >= 11 is 0. The Morgan fingerprint density at radius 3 is 2.86 bits per heavy atom. The van der Waals surface area contributed by atoms with Gasteiger partial charge in [0.05, 0.1) is 0 Å². The highest BCUT2D eigenvalue weighted by Gasteiger charge is 2.54. The summed E-state index contributed by atoms with van der Waals surface area (Å²) in [6.07, 6.45) is 16.6. The van der Waals surface area contributed by atoms with Crippen LogP contribution in [0, 0.1) is 28.6 Å². The minimum atomic E-state index is 0.318. The average Bonchev–Trinajstić information content (AvgIpc) is 2.76. The molecule has 21 heavy (non-hydrogen) atoms. The summed E-state index contributed by atoms with van der Waals surface area (Å²) in [4.78, 5) is 12.0. The van der Waals surface area contributed by atoms with Crippen LogP contribution >= 0.6 is 0 Å². The normalized spacial score (nSPS) is 49.0. The molecule has 4 rings (SSSR count). The number of allylic oxidation sites excluding steroid dienone is 4. The fourth-order valence-corrected chi connectivity index (χ4v) is 6.21. The van der Waals surface area contributed by atoms with Gasteiger partial charge in [0.15, 0.2) is 0 Å². The maximum atomic E-state index is 12.0. The van der Waals surface area contributed by atoms with Crippen LogP contribution in [0.4, 0.5) is 0 Å². The Morgan fingerprint density at radius 2 is 2.00 bits per heavy atom. The minimum Gasteiger partial charge on any atom is -0.299 e. The van der Waals surface area contributed by atoms with Crippen molar-refractivity contribution >= 4 is 5.78 Å². The van der Waals surface area contributed by atoms with E-state index in [1.165, 1.54) is 37.7 Å². The van der Waals surface area contributed by atoms with Gasteiger partial charge in [0, 0.05) is 12.8 Å². The van der Waals surface area contributed by atoms with Gasteiger partial charge in [0.1, 0.15) is 5.78 Å². The van der Waals surface area contributed by atoms with Gasteiger partial charge in [-0.1, -0.05) is 37.6 Å². The van der Waals surface area contributed by atoms with Crippen molar-refractivity contribution in [1.82, 2.24) is 0 Å². The summed E-state index contributed by atoms with van der Waals surface area (Å²) in [5.41, 5.74) is 2.28. The fraction of sp³-hybridized carbons (Fsp3) is 0.750. The van der Waals surface area contributed by atoms with Crippen LogP contribution in [-0.2, 0) is 4.79 Å². The van der Waals surface area contributed by atoms with Gasteiger partial charge < -0.3 is 0 Å². The monoisotopic (exact) mass is 284 g/mol. The Hall–Kier alpha value is -0.850. The van der Waals surface area contributed by atoms with E-state index in [4.69, 9.17) is 0 Å². The maximum Gasteiger partial charge on any atom is 0.136 e. The molecule has 1 heteroatoms. The van der Waals surface area contributed by atoms with E-state index in [1.54, 1.807) is 0 Å². The predicted molar refractivity (Wildman–Crippen MR) is 85.9 cm³/mol. The summed E-state index contributed by atoms with van der Waals surface area (Å²) in [7, 11) is 0. The van der Waals surface area contributed by atoms with Crippen LogP contribution in [0.15, 0.2) is 23.8 Å². The first-order chi connectivity index (χ1) is 10.0. The van der Waals surface area contributed by atoms with Crippen molar-refractivity contribution in [2.75, 3.05) is 0 Å². The number of hydrogen-bond donors (Lipinski definition) is 0. The molecule has 0 aromatic heterocycles. The van der Waals surface area contributed by atoms with Gasteiger partial charge in [-0.15, -0.1) is 0 Å². The second kappa shape index (κ2) is 4.57. The molecule has 0 heterocycles. The van der Waals surface area contributed by atoms with Gasteiger partial charge in [0.25, 0.3) is 0 Å². The molecule has 1 nitrogen and oxygen atoms in total. The molecule has 0 bridgehead atoms. The summed E-state index contributed by atoms with van der Waals surface area (Å²) in [5.74, 6) is 3.00. The fourth-order valence-electron chi connectivity index (χ4n) is 6.21.